The third-order valence-corrected chi connectivity index (χ3v) is 4.35. The zero-order valence-electron chi connectivity index (χ0n) is 9.18. The predicted molar refractivity (Wildman–Crippen MR) is 85.6 cm³/mol. The van der Waals surface area contributed by atoms with Crippen molar-refractivity contribution in [3.05, 3.63) is 61.0 Å². The van der Waals surface area contributed by atoms with Gasteiger partial charge in [0, 0.05) is 25.5 Å². The van der Waals surface area contributed by atoms with Crippen molar-refractivity contribution >= 4 is 60.7 Å². The number of hydrogen-bond acceptors (Lipinski definition) is 1. The highest BCUT2D eigenvalue weighted by molar-refractivity contribution is 9.11. The summed E-state index contributed by atoms with van der Waals surface area (Å²) in [5.74, 6) is 0. The highest BCUT2D eigenvalue weighted by Crippen LogP contribution is 2.31. The lowest BCUT2D eigenvalue weighted by Gasteiger charge is -2.12. The third kappa shape index (κ3) is 3.41. The second-order valence-electron chi connectivity index (χ2n) is 3.69. The molecule has 1 nitrogen and oxygen atoms in total. The summed E-state index contributed by atoms with van der Waals surface area (Å²) in [6.07, 6.45) is 0. The fraction of sp³-hybridized carbons (Fsp3) is 0.0769. The van der Waals surface area contributed by atoms with Crippen LogP contribution < -0.4 is 5.32 Å². The normalized spacial score (nSPS) is 10.4. The largest absolute Gasteiger partial charge is 0.379 e. The molecule has 0 fully saturated rings. The summed E-state index contributed by atoms with van der Waals surface area (Å²) >= 11 is 19.1. The van der Waals surface area contributed by atoms with Crippen molar-refractivity contribution in [2.24, 2.45) is 0 Å². The smallest absolute Gasteiger partial charge is 0.0631 e. The Labute approximate surface area is 133 Å². The van der Waals surface area contributed by atoms with Crippen molar-refractivity contribution in [1.29, 1.82) is 0 Å². The summed E-state index contributed by atoms with van der Waals surface area (Å²) in [5.41, 5.74) is 1.96. The number of anilines is 1. The van der Waals surface area contributed by atoms with Gasteiger partial charge in [-0.25, -0.2) is 0 Å². The highest BCUT2D eigenvalue weighted by Gasteiger charge is 2.06. The molecule has 0 unspecified atom stereocenters. The number of para-hydroxylation sites is 1. The molecule has 0 amide bonds. The lowest BCUT2D eigenvalue weighted by molar-refractivity contribution is 1.14. The summed E-state index contributed by atoms with van der Waals surface area (Å²) < 4.78 is 1.99. The molecular weight excluding hydrogens is 401 g/mol. The zero-order chi connectivity index (χ0) is 13.1. The Morgan fingerprint density at radius 3 is 2.33 bits per heavy atom. The fourth-order valence-electron chi connectivity index (χ4n) is 1.53. The Bertz CT molecular complexity index is 553. The van der Waals surface area contributed by atoms with Crippen LogP contribution in [-0.4, -0.2) is 0 Å². The summed E-state index contributed by atoms with van der Waals surface area (Å²) in [6, 6.07) is 11.4. The molecule has 0 aromatic heterocycles. The number of halogens is 4. The van der Waals surface area contributed by atoms with Crippen LogP contribution >= 0.6 is 55.1 Å². The SMILES string of the molecule is Clc1ccc(Cl)c(CNc2c(Br)cccc2Br)c1. The molecule has 2 aromatic carbocycles. The average Bonchev–Trinajstić information content (AvgIpc) is 2.33. The molecule has 0 bridgehead atoms. The second-order valence-corrected chi connectivity index (χ2v) is 6.24. The Hall–Kier alpha value is -0.220. The molecule has 0 heterocycles. The van der Waals surface area contributed by atoms with Crippen LogP contribution in [0.1, 0.15) is 5.56 Å². The molecule has 5 heteroatoms. The van der Waals surface area contributed by atoms with Gasteiger partial charge in [-0.3, -0.25) is 0 Å². The summed E-state index contributed by atoms with van der Waals surface area (Å²) in [4.78, 5) is 0. The molecule has 0 saturated heterocycles. The monoisotopic (exact) mass is 407 g/mol. The first-order valence-electron chi connectivity index (χ1n) is 5.20. The summed E-state index contributed by atoms with van der Waals surface area (Å²) in [5, 5.41) is 4.72. The minimum Gasteiger partial charge on any atom is -0.379 e. The van der Waals surface area contributed by atoms with Crippen molar-refractivity contribution < 1.29 is 0 Å². The molecular formula is C13H9Br2Cl2N. The van der Waals surface area contributed by atoms with E-state index in [1.165, 1.54) is 0 Å². The van der Waals surface area contributed by atoms with Crippen LogP contribution in [-0.2, 0) is 6.54 Å². The van der Waals surface area contributed by atoms with Gasteiger partial charge < -0.3 is 5.32 Å². The maximum absolute atomic E-state index is 6.12. The highest BCUT2D eigenvalue weighted by atomic mass is 79.9. The molecule has 0 atom stereocenters. The first-order valence-corrected chi connectivity index (χ1v) is 7.54. The van der Waals surface area contributed by atoms with Crippen molar-refractivity contribution in [2.45, 2.75) is 6.54 Å². The number of nitrogens with one attached hydrogen (secondary N) is 1. The zero-order valence-corrected chi connectivity index (χ0v) is 13.9. The van der Waals surface area contributed by atoms with Crippen molar-refractivity contribution in [1.82, 2.24) is 0 Å². The standard InChI is InChI=1S/C13H9Br2Cl2N/c14-10-2-1-3-11(15)13(10)18-7-8-6-9(16)4-5-12(8)17/h1-6,18H,7H2. The minimum atomic E-state index is 0.612. The van der Waals surface area contributed by atoms with Gasteiger partial charge in [-0.05, 0) is 67.8 Å². The van der Waals surface area contributed by atoms with E-state index in [0.717, 1.165) is 20.2 Å². The molecule has 0 aliphatic carbocycles. The lowest BCUT2D eigenvalue weighted by Crippen LogP contribution is -2.01. The quantitative estimate of drug-likeness (QED) is 0.642. The summed E-state index contributed by atoms with van der Waals surface area (Å²) in [7, 11) is 0. The number of hydrogen-bond donors (Lipinski definition) is 1. The van der Waals surface area contributed by atoms with E-state index in [2.05, 4.69) is 37.2 Å². The molecule has 0 spiro atoms. The number of benzene rings is 2. The van der Waals surface area contributed by atoms with Gasteiger partial charge in [0.05, 0.1) is 5.69 Å². The van der Waals surface area contributed by atoms with Gasteiger partial charge in [0.1, 0.15) is 0 Å². The second kappa shape index (κ2) is 6.29. The lowest BCUT2D eigenvalue weighted by atomic mass is 10.2. The Kier molecular flexibility index (Phi) is 4.96. The maximum atomic E-state index is 6.12. The van der Waals surface area contributed by atoms with Crippen LogP contribution in [0.3, 0.4) is 0 Å². The first-order chi connectivity index (χ1) is 8.58. The van der Waals surface area contributed by atoms with Gasteiger partial charge in [-0.15, -0.1) is 0 Å². The molecule has 18 heavy (non-hydrogen) atoms. The third-order valence-electron chi connectivity index (χ3n) is 2.43. The molecule has 94 valence electrons. The van der Waals surface area contributed by atoms with Gasteiger partial charge >= 0.3 is 0 Å². The maximum Gasteiger partial charge on any atom is 0.0631 e. The molecule has 0 saturated carbocycles. The fourth-order valence-corrected chi connectivity index (χ4v) is 3.19. The molecule has 0 aliphatic heterocycles. The van der Waals surface area contributed by atoms with Gasteiger partial charge in [0.2, 0.25) is 0 Å². The molecule has 1 N–H and O–H groups in total. The van der Waals surface area contributed by atoms with Crippen LogP contribution in [0.25, 0.3) is 0 Å². The van der Waals surface area contributed by atoms with E-state index < -0.39 is 0 Å². The van der Waals surface area contributed by atoms with Crippen molar-refractivity contribution in [3.8, 4) is 0 Å². The van der Waals surface area contributed by atoms with Crippen molar-refractivity contribution in [3.63, 3.8) is 0 Å². The van der Waals surface area contributed by atoms with Gasteiger partial charge in [0.15, 0.2) is 0 Å². The van der Waals surface area contributed by atoms with Crippen LogP contribution in [0.15, 0.2) is 45.3 Å². The Morgan fingerprint density at radius 1 is 1.00 bits per heavy atom. The molecule has 2 rings (SSSR count). The van der Waals surface area contributed by atoms with E-state index in [0.29, 0.717) is 16.6 Å². The average molecular weight is 410 g/mol. The molecule has 0 radical (unpaired) electrons. The first kappa shape index (κ1) is 14.2. The van der Waals surface area contributed by atoms with Crippen LogP contribution in [0.2, 0.25) is 10.0 Å². The van der Waals surface area contributed by atoms with E-state index in [1.54, 1.807) is 12.1 Å². The van der Waals surface area contributed by atoms with Gasteiger partial charge in [-0.2, -0.15) is 0 Å². The van der Waals surface area contributed by atoms with E-state index in [9.17, 15) is 0 Å². The van der Waals surface area contributed by atoms with Gasteiger partial charge in [0.25, 0.3) is 0 Å². The van der Waals surface area contributed by atoms with E-state index in [-0.39, 0.29) is 0 Å². The van der Waals surface area contributed by atoms with Crippen LogP contribution in [0.4, 0.5) is 5.69 Å². The minimum absolute atomic E-state index is 0.612. The topological polar surface area (TPSA) is 12.0 Å². The summed E-state index contributed by atoms with van der Waals surface area (Å²) in [6.45, 7) is 0.612. The Morgan fingerprint density at radius 2 is 1.67 bits per heavy atom. The number of rotatable bonds is 3. The van der Waals surface area contributed by atoms with E-state index >= 15 is 0 Å². The molecule has 0 aliphatic rings. The van der Waals surface area contributed by atoms with Gasteiger partial charge in [-0.1, -0.05) is 29.3 Å². The van der Waals surface area contributed by atoms with Crippen molar-refractivity contribution in [2.75, 3.05) is 5.32 Å². The molecule has 2 aromatic rings. The van der Waals surface area contributed by atoms with Crippen LogP contribution in [0.5, 0.6) is 0 Å². The predicted octanol–water partition coefficient (Wildman–Crippen LogP) is 6.13. The van der Waals surface area contributed by atoms with E-state index in [1.807, 2.05) is 24.3 Å². The Balaban J connectivity index is 2.19. The van der Waals surface area contributed by atoms with E-state index in [4.69, 9.17) is 23.2 Å². The van der Waals surface area contributed by atoms with Crippen LogP contribution in [0, 0.1) is 0 Å².